The number of phenolic OH excluding ortho intramolecular Hbond substituents is 1. The number of benzene rings is 1. The molecular formula is C22H22ClN3O3. The highest BCUT2D eigenvalue weighted by atomic mass is 35.5. The number of rotatable bonds is 7. The summed E-state index contributed by atoms with van der Waals surface area (Å²) in [5.74, 6) is 1.12. The predicted octanol–water partition coefficient (Wildman–Crippen LogP) is 5.10. The van der Waals surface area contributed by atoms with Crippen LogP contribution in [0, 0.1) is 11.3 Å². The number of ether oxygens (including phenoxy) is 2. The van der Waals surface area contributed by atoms with E-state index in [1.54, 1.807) is 48.7 Å². The fourth-order valence-corrected chi connectivity index (χ4v) is 2.67. The molecule has 0 aliphatic heterocycles. The number of hydrogen-bond acceptors (Lipinski definition) is 6. The van der Waals surface area contributed by atoms with Crippen LogP contribution >= 0.6 is 11.6 Å². The monoisotopic (exact) mass is 411 g/mol. The Hall–Kier alpha value is -3.43. The van der Waals surface area contributed by atoms with Gasteiger partial charge in [-0.1, -0.05) is 17.7 Å². The van der Waals surface area contributed by atoms with E-state index in [-0.39, 0.29) is 12.2 Å². The van der Waals surface area contributed by atoms with Crippen molar-refractivity contribution in [1.82, 2.24) is 4.98 Å². The quantitative estimate of drug-likeness (QED) is 0.486. The average molecular weight is 412 g/mol. The molecule has 0 aliphatic rings. The molecule has 1 aromatic heterocycles. The molecule has 2 N–H and O–H groups in total. The number of methoxy groups -OCH3 is 2. The largest absolute Gasteiger partial charge is 0.508 e. The Morgan fingerprint density at radius 2 is 1.93 bits per heavy atom. The van der Waals surface area contributed by atoms with E-state index in [0.717, 1.165) is 11.1 Å². The van der Waals surface area contributed by atoms with Gasteiger partial charge in [-0.15, -0.1) is 0 Å². The van der Waals surface area contributed by atoms with Crippen molar-refractivity contribution >= 4 is 28.2 Å². The number of fused-ring (bicyclic) bond motifs is 1. The number of nitriles is 1. The van der Waals surface area contributed by atoms with Crippen LogP contribution < -0.4 is 5.32 Å². The molecule has 0 saturated heterocycles. The number of nitrogens with one attached hydrogen (secondary N) is 1. The highest BCUT2D eigenvalue weighted by Gasteiger charge is 2.05. The van der Waals surface area contributed by atoms with Gasteiger partial charge < -0.3 is 19.9 Å². The summed E-state index contributed by atoms with van der Waals surface area (Å²) in [7, 11) is 3.05. The van der Waals surface area contributed by atoms with Gasteiger partial charge in [-0.2, -0.15) is 5.26 Å². The number of hydrogen-bond donors (Lipinski definition) is 2. The van der Waals surface area contributed by atoms with Gasteiger partial charge >= 0.3 is 0 Å². The number of allylic oxidation sites excluding steroid dienone is 1. The van der Waals surface area contributed by atoms with Crippen molar-refractivity contribution in [3.63, 3.8) is 0 Å². The van der Waals surface area contributed by atoms with Gasteiger partial charge in [0.25, 0.3) is 0 Å². The van der Waals surface area contributed by atoms with Crippen molar-refractivity contribution in [3.05, 3.63) is 77.4 Å². The lowest BCUT2D eigenvalue weighted by molar-refractivity contribution is 0.219. The van der Waals surface area contributed by atoms with Gasteiger partial charge in [0.15, 0.2) is 11.5 Å². The third-order valence-electron chi connectivity index (χ3n) is 3.88. The minimum Gasteiger partial charge on any atom is -0.508 e. The van der Waals surface area contributed by atoms with Crippen LogP contribution in [-0.4, -0.2) is 30.9 Å². The maximum atomic E-state index is 9.93. The fraction of sp³-hybridized carbons (Fsp3) is 0.182. The Kier molecular flexibility index (Phi) is 8.61. The van der Waals surface area contributed by atoms with Crippen LogP contribution in [-0.2, 0) is 9.47 Å². The molecule has 0 bridgehead atoms. The first-order valence-corrected chi connectivity index (χ1v) is 9.18. The molecule has 0 atom stereocenters. The molecule has 150 valence electrons. The number of phenols is 1. The number of halogens is 1. The Balaban J connectivity index is 2.44. The Labute approximate surface area is 175 Å². The van der Waals surface area contributed by atoms with Gasteiger partial charge in [0.2, 0.25) is 0 Å². The molecule has 0 radical (unpaired) electrons. The molecule has 29 heavy (non-hydrogen) atoms. The smallest absolute Gasteiger partial charge is 0.158 e. The molecule has 2 aromatic rings. The summed E-state index contributed by atoms with van der Waals surface area (Å²) in [6.45, 7) is 0.401. The predicted molar refractivity (Wildman–Crippen MR) is 115 cm³/mol. The molecule has 7 heteroatoms. The van der Waals surface area contributed by atoms with E-state index in [4.69, 9.17) is 26.3 Å². The SMILES string of the molecule is COC(=C/CC#N)/C(=C\CNc1cccc(Cl)ccnc2ccc(O)cc12)OC. The van der Waals surface area contributed by atoms with Gasteiger partial charge in [-0.25, -0.2) is 0 Å². The van der Waals surface area contributed by atoms with E-state index in [2.05, 4.69) is 10.3 Å². The van der Waals surface area contributed by atoms with Crippen LogP contribution in [0.15, 0.2) is 72.3 Å². The first kappa shape index (κ1) is 21.9. The lowest BCUT2D eigenvalue weighted by Crippen LogP contribution is -2.03. The molecule has 0 aliphatic carbocycles. The molecular weight excluding hydrogens is 390 g/mol. The van der Waals surface area contributed by atoms with Crippen molar-refractivity contribution in [2.24, 2.45) is 0 Å². The number of aromatic nitrogens is 1. The van der Waals surface area contributed by atoms with Crippen LogP contribution in [0.3, 0.4) is 0 Å². The number of nitrogens with zero attached hydrogens (tertiary/aromatic N) is 2. The van der Waals surface area contributed by atoms with Crippen LogP contribution in [0.4, 0.5) is 5.69 Å². The topological polar surface area (TPSA) is 87.4 Å². The average Bonchev–Trinajstić information content (AvgIpc) is 2.72. The van der Waals surface area contributed by atoms with Crippen LogP contribution in [0.5, 0.6) is 5.75 Å². The third kappa shape index (κ3) is 6.59. The lowest BCUT2D eigenvalue weighted by atomic mass is 10.2. The third-order valence-corrected chi connectivity index (χ3v) is 4.13. The van der Waals surface area contributed by atoms with Crippen molar-refractivity contribution in [3.8, 4) is 11.8 Å². The van der Waals surface area contributed by atoms with Gasteiger partial charge in [0.1, 0.15) is 5.75 Å². The van der Waals surface area contributed by atoms with E-state index in [1.165, 1.54) is 14.2 Å². The summed E-state index contributed by atoms with van der Waals surface area (Å²) in [5.41, 5.74) is 1.42. The maximum absolute atomic E-state index is 9.93. The molecule has 0 unspecified atom stereocenters. The van der Waals surface area contributed by atoms with Crippen molar-refractivity contribution < 1.29 is 14.6 Å². The van der Waals surface area contributed by atoms with E-state index in [0.29, 0.717) is 28.6 Å². The minimum absolute atomic E-state index is 0.135. The molecule has 2 rings (SSSR count). The van der Waals surface area contributed by atoms with E-state index < -0.39 is 0 Å². The summed E-state index contributed by atoms with van der Waals surface area (Å²) >= 11 is 6.10. The molecule has 0 spiro atoms. The highest BCUT2D eigenvalue weighted by molar-refractivity contribution is 6.30. The summed E-state index contributed by atoms with van der Waals surface area (Å²) in [4.78, 5) is 4.41. The van der Waals surface area contributed by atoms with Crippen LogP contribution in [0.1, 0.15) is 6.42 Å². The van der Waals surface area contributed by atoms with E-state index in [1.807, 2.05) is 18.2 Å². The molecule has 6 nitrogen and oxygen atoms in total. The zero-order valence-electron chi connectivity index (χ0n) is 16.2. The highest BCUT2D eigenvalue weighted by Crippen LogP contribution is 2.24. The molecule has 0 fully saturated rings. The van der Waals surface area contributed by atoms with Gasteiger partial charge in [0.05, 0.1) is 32.2 Å². The summed E-state index contributed by atoms with van der Waals surface area (Å²) in [6.07, 6.45) is 5.28. The molecule has 0 saturated carbocycles. The van der Waals surface area contributed by atoms with Crippen LogP contribution in [0.2, 0.25) is 5.02 Å². The zero-order chi connectivity index (χ0) is 21.1. The normalized spacial score (nSPS) is 11.4. The first-order valence-electron chi connectivity index (χ1n) is 8.80. The first-order chi connectivity index (χ1) is 14.1. The van der Waals surface area contributed by atoms with E-state index in [9.17, 15) is 5.11 Å². The second-order valence-corrected chi connectivity index (χ2v) is 6.20. The molecule has 0 amide bonds. The van der Waals surface area contributed by atoms with E-state index >= 15 is 0 Å². The minimum atomic E-state index is 0.135. The van der Waals surface area contributed by atoms with Gasteiger partial charge in [-0.3, -0.25) is 4.98 Å². The standard InChI is InChI=1S/C22H22ClN3O3/c1-28-21(7-4-12-24)22(29-2)11-14-26-19-6-3-5-16(23)10-13-25-20-9-8-17(27)15-18(19)20/h3,5-11,13,15,26-27H,4,14H2,1-2H3/b5-3?,6-3?,13-10?,16-5?,16-10?,19-6?,19-18?,21-7+,22-11+,25-13?,25-20?. The fourth-order valence-electron chi connectivity index (χ4n) is 2.54. The Bertz CT molecular complexity index is 1010. The van der Waals surface area contributed by atoms with Gasteiger partial charge in [-0.05, 0) is 48.6 Å². The Morgan fingerprint density at radius 3 is 2.66 bits per heavy atom. The zero-order valence-corrected chi connectivity index (χ0v) is 17.0. The van der Waals surface area contributed by atoms with Crippen molar-refractivity contribution in [1.29, 1.82) is 5.26 Å². The second kappa shape index (κ2) is 11.4. The summed E-state index contributed by atoms with van der Waals surface area (Å²) < 4.78 is 10.7. The van der Waals surface area contributed by atoms with Crippen molar-refractivity contribution in [2.75, 3.05) is 26.1 Å². The Morgan fingerprint density at radius 1 is 1.17 bits per heavy atom. The number of aromatic hydroxyl groups is 1. The van der Waals surface area contributed by atoms with Crippen molar-refractivity contribution in [2.45, 2.75) is 6.42 Å². The summed E-state index contributed by atoms with van der Waals surface area (Å²) in [5, 5.41) is 23.3. The molecule has 1 heterocycles. The van der Waals surface area contributed by atoms with Gasteiger partial charge in [0, 0.05) is 28.8 Å². The lowest BCUT2D eigenvalue weighted by Gasteiger charge is -2.11. The number of anilines is 1. The molecule has 1 aromatic carbocycles. The van der Waals surface area contributed by atoms with Crippen LogP contribution in [0.25, 0.3) is 10.9 Å². The summed E-state index contributed by atoms with van der Waals surface area (Å²) in [6, 6.07) is 14.1. The maximum Gasteiger partial charge on any atom is 0.158 e. The second-order valence-electron chi connectivity index (χ2n) is 5.76.